The van der Waals surface area contributed by atoms with E-state index in [4.69, 9.17) is 11.6 Å². The average molecular weight is 452 g/mol. The summed E-state index contributed by atoms with van der Waals surface area (Å²) in [5.41, 5.74) is 3.24. The predicted octanol–water partition coefficient (Wildman–Crippen LogP) is 4.28. The molecule has 0 saturated carbocycles. The van der Waals surface area contributed by atoms with E-state index in [1.165, 1.54) is 0 Å². The molecule has 0 radical (unpaired) electrons. The summed E-state index contributed by atoms with van der Waals surface area (Å²) < 4.78 is 1.76. The zero-order valence-corrected chi connectivity index (χ0v) is 19.0. The van der Waals surface area contributed by atoms with Crippen molar-refractivity contribution in [3.05, 3.63) is 70.6 Å². The Bertz CT molecular complexity index is 1130. The quantitative estimate of drug-likeness (QED) is 0.627. The maximum absolute atomic E-state index is 13.4. The Kier molecular flexibility index (Phi) is 6.55. The fourth-order valence-electron chi connectivity index (χ4n) is 4.04. The lowest BCUT2D eigenvalue weighted by Gasteiger charge is -2.32. The van der Waals surface area contributed by atoms with Crippen LogP contribution in [0.25, 0.3) is 5.69 Å². The number of rotatable bonds is 5. The van der Waals surface area contributed by atoms with Crippen molar-refractivity contribution in [2.45, 2.75) is 33.1 Å². The Labute approximate surface area is 192 Å². The molecule has 0 spiro atoms. The van der Waals surface area contributed by atoms with Crippen LogP contribution in [0.5, 0.6) is 0 Å². The first-order valence-corrected chi connectivity index (χ1v) is 11.2. The lowest BCUT2D eigenvalue weighted by molar-refractivity contribution is -0.121. The van der Waals surface area contributed by atoms with Crippen LogP contribution in [0, 0.1) is 12.8 Å². The number of nitrogens with one attached hydrogen (secondary N) is 1. The molecule has 1 aliphatic rings. The van der Waals surface area contributed by atoms with Gasteiger partial charge in [0.15, 0.2) is 0 Å². The second kappa shape index (κ2) is 9.53. The second-order valence-corrected chi connectivity index (χ2v) is 8.49. The van der Waals surface area contributed by atoms with Crippen molar-refractivity contribution in [1.82, 2.24) is 19.7 Å². The van der Waals surface area contributed by atoms with Crippen LogP contribution in [0.4, 0.5) is 5.82 Å². The fraction of sp³-hybridized carbons (Fsp3) is 0.333. The molecular formula is C24H26ClN5O2. The SMILES string of the molecule is CCc1c(C(=O)N2CCCC(C(=O)Nc3ccc(C)cn3)C2)cnn1-c1cccc(Cl)c1. The minimum atomic E-state index is -0.274. The number of carbonyl (C=O) groups excluding carboxylic acids is 2. The van der Waals surface area contributed by atoms with Crippen LogP contribution in [0.2, 0.25) is 5.02 Å². The van der Waals surface area contributed by atoms with Gasteiger partial charge in [0.1, 0.15) is 5.82 Å². The van der Waals surface area contributed by atoms with Crippen LogP contribution < -0.4 is 5.32 Å². The number of aryl methyl sites for hydroxylation is 1. The molecule has 1 fully saturated rings. The topological polar surface area (TPSA) is 80.1 Å². The van der Waals surface area contributed by atoms with Gasteiger partial charge in [0.2, 0.25) is 5.91 Å². The van der Waals surface area contributed by atoms with E-state index in [0.29, 0.717) is 35.9 Å². The van der Waals surface area contributed by atoms with Gasteiger partial charge in [-0.1, -0.05) is 30.7 Å². The number of likely N-dealkylation sites (tertiary alicyclic amines) is 1. The minimum absolute atomic E-state index is 0.0962. The highest BCUT2D eigenvalue weighted by Crippen LogP contribution is 2.24. The van der Waals surface area contributed by atoms with Crippen molar-refractivity contribution in [2.75, 3.05) is 18.4 Å². The lowest BCUT2D eigenvalue weighted by Crippen LogP contribution is -2.44. The third-order valence-corrected chi connectivity index (χ3v) is 5.96. The van der Waals surface area contributed by atoms with Crippen molar-refractivity contribution in [1.29, 1.82) is 0 Å². The summed E-state index contributed by atoms with van der Waals surface area (Å²) in [6, 6.07) is 11.1. The number of carbonyl (C=O) groups is 2. The summed E-state index contributed by atoms with van der Waals surface area (Å²) in [6.45, 7) is 4.94. The Balaban J connectivity index is 1.49. The van der Waals surface area contributed by atoms with E-state index in [-0.39, 0.29) is 17.7 Å². The highest BCUT2D eigenvalue weighted by atomic mass is 35.5. The molecular weight excluding hydrogens is 426 g/mol. The number of hydrogen-bond acceptors (Lipinski definition) is 4. The van der Waals surface area contributed by atoms with Gasteiger partial charge in [0.25, 0.3) is 5.91 Å². The van der Waals surface area contributed by atoms with Crippen molar-refractivity contribution in [2.24, 2.45) is 5.92 Å². The van der Waals surface area contributed by atoms with Gasteiger partial charge in [-0.15, -0.1) is 0 Å². The summed E-state index contributed by atoms with van der Waals surface area (Å²) in [6.07, 6.45) is 5.49. The first-order chi connectivity index (χ1) is 15.5. The number of anilines is 1. The van der Waals surface area contributed by atoms with Crippen LogP contribution in [-0.4, -0.2) is 44.6 Å². The third-order valence-electron chi connectivity index (χ3n) is 5.73. The highest BCUT2D eigenvalue weighted by molar-refractivity contribution is 6.30. The molecule has 1 atom stereocenters. The Hall–Kier alpha value is -3.19. The molecule has 7 nitrogen and oxygen atoms in total. The predicted molar refractivity (Wildman–Crippen MR) is 124 cm³/mol. The third kappa shape index (κ3) is 4.67. The van der Waals surface area contributed by atoms with Gasteiger partial charge in [-0.3, -0.25) is 9.59 Å². The molecule has 166 valence electrons. The number of aromatic nitrogens is 3. The van der Waals surface area contributed by atoms with Crippen LogP contribution in [0.3, 0.4) is 0 Å². The van der Waals surface area contributed by atoms with Crippen LogP contribution in [-0.2, 0) is 11.2 Å². The first kappa shape index (κ1) is 22.0. The Morgan fingerprint density at radius 3 is 2.78 bits per heavy atom. The van der Waals surface area contributed by atoms with E-state index < -0.39 is 0 Å². The number of halogens is 1. The number of benzene rings is 1. The fourth-order valence-corrected chi connectivity index (χ4v) is 4.22. The number of amides is 2. The zero-order chi connectivity index (χ0) is 22.7. The maximum Gasteiger partial charge on any atom is 0.257 e. The number of nitrogens with zero attached hydrogens (tertiary/aromatic N) is 4. The molecule has 1 saturated heterocycles. The molecule has 0 aliphatic carbocycles. The summed E-state index contributed by atoms with van der Waals surface area (Å²) in [5, 5.41) is 7.94. The molecule has 4 rings (SSSR count). The van der Waals surface area contributed by atoms with E-state index >= 15 is 0 Å². The van der Waals surface area contributed by atoms with Crippen LogP contribution in [0.15, 0.2) is 48.8 Å². The standard InChI is InChI=1S/C24H26ClN5O2/c1-3-21-20(14-27-30(21)19-8-4-7-18(25)12-19)24(32)29-11-5-6-17(15-29)23(31)28-22-10-9-16(2)13-26-22/h4,7-10,12-14,17H,3,5-6,11,15H2,1-2H3,(H,26,28,31). The maximum atomic E-state index is 13.4. The summed E-state index contributed by atoms with van der Waals surface area (Å²) >= 11 is 6.13. The number of pyridine rings is 1. The molecule has 0 bridgehead atoms. The molecule has 2 amide bonds. The van der Waals surface area contributed by atoms with Crippen molar-refractivity contribution in [3.63, 3.8) is 0 Å². The largest absolute Gasteiger partial charge is 0.338 e. The molecule has 3 heterocycles. The highest BCUT2D eigenvalue weighted by Gasteiger charge is 2.31. The van der Waals surface area contributed by atoms with Gasteiger partial charge >= 0.3 is 0 Å². The van der Waals surface area contributed by atoms with E-state index in [1.54, 1.807) is 34.1 Å². The molecule has 2 aromatic heterocycles. The van der Waals surface area contributed by atoms with E-state index in [1.807, 2.05) is 38.1 Å². The average Bonchev–Trinajstić information content (AvgIpc) is 3.24. The summed E-state index contributed by atoms with van der Waals surface area (Å²) in [4.78, 5) is 32.1. The zero-order valence-electron chi connectivity index (χ0n) is 18.2. The number of hydrogen-bond donors (Lipinski definition) is 1. The van der Waals surface area contributed by atoms with Crippen molar-refractivity contribution < 1.29 is 9.59 Å². The molecule has 32 heavy (non-hydrogen) atoms. The van der Waals surface area contributed by atoms with Gasteiger partial charge in [0.05, 0.1) is 29.1 Å². The minimum Gasteiger partial charge on any atom is -0.338 e. The molecule has 8 heteroatoms. The van der Waals surface area contributed by atoms with E-state index in [9.17, 15) is 9.59 Å². The molecule has 1 unspecified atom stereocenters. The van der Waals surface area contributed by atoms with Gasteiger partial charge in [-0.05, 0) is 56.0 Å². The Morgan fingerprint density at radius 2 is 2.06 bits per heavy atom. The van der Waals surface area contributed by atoms with Gasteiger partial charge < -0.3 is 10.2 Å². The second-order valence-electron chi connectivity index (χ2n) is 8.05. The van der Waals surface area contributed by atoms with Crippen molar-refractivity contribution >= 4 is 29.2 Å². The normalized spacial score (nSPS) is 16.1. The van der Waals surface area contributed by atoms with Crippen LogP contribution >= 0.6 is 11.6 Å². The lowest BCUT2D eigenvalue weighted by atomic mass is 9.96. The van der Waals surface area contributed by atoms with Gasteiger partial charge in [0, 0.05) is 24.3 Å². The van der Waals surface area contributed by atoms with E-state index in [2.05, 4.69) is 15.4 Å². The van der Waals surface area contributed by atoms with Gasteiger partial charge in [-0.2, -0.15) is 5.10 Å². The molecule has 1 N–H and O–H groups in total. The molecule has 1 aliphatic heterocycles. The molecule has 1 aromatic carbocycles. The smallest absolute Gasteiger partial charge is 0.257 e. The Morgan fingerprint density at radius 1 is 1.22 bits per heavy atom. The molecule has 3 aromatic rings. The summed E-state index contributed by atoms with van der Waals surface area (Å²) in [7, 11) is 0. The van der Waals surface area contributed by atoms with E-state index in [0.717, 1.165) is 29.8 Å². The monoisotopic (exact) mass is 451 g/mol. The van der Waals surface area contributed by atoms with Gasteiger partial charge in [-0.25, -0.2) is 9.67 Å². The number of piperidine rings is 1. The summed E-state index contributed by atoms with van der Waals surface area (Å²) in [5.74, 6) is 0.0502. The van der Waals surface area contributed by atoms with Crippen molar-refractivity contribution in [3.8, 4) is 5.69 Å². The van der Waals surface area contributed by atoms with Crippen LogP contribution in [0.1, 0.15) is 41.4 Å². The first-order valence-electron chi connectivity index (χ1n) is 10.8.